The number of hydrogen-bond donors (Lipinski definition) is 0. The van der Waals surface area contributed by atoms with Crippen molar-refractivity contribution in [3.05, 3.63) is 17.7 Å². The zero-order valence-electron chi connectivity index (χ0n) is 8.85. The topological polar surface area (TPSA) is 9.23 Å². The second-order valence-electron chi connectivity index (χ2n) is 4.40. The van der Waals surface area contributed by atoms with E-state index >= 15 is 0 Å². The monoisotopic (exact) mass is 213 g/mol. The Balaban J connectivity index is 2.42. The molecule has 1 aromatic rings. The van der Waals surface area contributed by atoms with Gasteiger partial charge in [0.15, 0.2) is 0 Å². The average Bonchev–Trinajstić information content (AvgIpc) is 2.52. The highest BCUT2D eigenvalue weighted by atomic mass is 31.0. The average molecular weight is 213 g/mol. The van der Waals surface area contributed by atoms with Gasteiger partial charge in [0.2, 0.25) is 9.76 Å². The van der Waals surface area contributed by atoms with Crippen LogP contribution in [0.3, 0.4) is 0 Å². The Morgan fingerprint density at radius 1 is 1.54 bits per heavy atom. The summed E-state index contributed by atoms with van der Waals surface area (Å²) in [7, 11) is 0.222. The zero-order valence-corrected chi connectivity index (χ0v) is 11.3. The molecule has 0 saturated carbocycles. The summed E-state index contributed by atoms with van der Waals surface area (Å²) in [6, 6.07) is 2.04. The minimum atomic E-state index is -0.484. The second-order valence-corrected chi connectivity index (χ2v) is 7.67. The van der Waals surface area contributed by atoms with Gasteiger partial charge in [0, 0.05) is 5.80 Å². The Morgan fingerprint density at radius 2 is 2.23 bits per heavy atom. The molecule has 0 N–H and O–H groups in total. The molecule has 0 aliphatic carbocycles. The Morgan fingerprint density at radius 3 is 2.69 bits per heavy atom. The molecule has 0 aliphatic heterocycles. The lowest BCUT2D eigenvalue weighted by atomic mass is 9.99. The lowest BCUT2D eigenvalue weighted by Gasteiger charge is -2.27. The van der Waals surface area contributed by atoms with Crippen LogP contribution >= 0.6 is 8.19 Å². The first-order chi connectivity index (χ1) is 6.02. The maximum Gasteiger partial charge on any atom is 0.225 e. The zero-order chi connectivity index (χ0) is 9.90. The van der Waals surface area contributed by atoms with Gasteiger partial charge in [-0.05, 0) is 22.8 Å². The minimum absolute atomic E-state index is 0.383. The van der Waals surface area contributed by atoms with E-state index in [9.17, 15) is 0 Å². The molecule has 1 aromatic heterocycles. The van der Waals surface area contributed by atoms with Gasteiger partial charge in [-0.2, -0.15) is 0 Å². The van der Waals surface area contributed by atoms with E-state index in [0.717, 1.165) is 5.75 Å². The quantitative estimate of drug-likeness (QED) is 0.699. The van der Waals surface area contributed by atoms with Gasteiger partial charge < -0.3 is 4.43 Å². The van der Waals surface area contributed by atoms with Gasteiger partial charge in [-0.15, -0.1) is 8.19 Å². The third-order valence-corrected chi connectivity index (χ3v) is 5.42. The van der Waals surface area contributed by atoms with Gasteiger partial charge in [-0.3, -0.25) is 0 Å². The van der Waals surface area contributed by atoms with Crippen molar-refractivity contribution in [3.63, 3.8) is 0 Å². The van der Waals surface area contributed by atoms with E-state index in [0.29, 0.717) is 19.1 Å². The van der Waals surface area contributed by atoms with Crippen molar-refractivity contribution < 1.29 is 4.43 Å². The lowest BCUT2D eigenvalue weighted by molar-refractivity contribution is 0.428. The fraction of sp³-hybridized carbons (Fsp3) is 0.600. The van der Waals surface area contributed by atoms with E-state index in [1.165, 1.54) is 0 Å². The third-order valence-electron chi connectivity index (χ3n) is 2.68. The molecule has 0 spiro atoms. The number of rotatable bonds is 4. The molecule has 1 atom stereocenters. The van der Waals surface area contributed by atoms with E-state index in [2.05, 4.69) is 39.3 Å². The van der Waals surface area contributed by atoms with Gasteiger partial charge in [-0.25, -0.2) is 0 Å². The Hall–Kier alpha value is -0.203. The van der Waals surface area contributed by atoms with E-state index in [1.54, 1.807) is 0 Å². The predicted molar refractivity (Wildman–Crippen MR) is 62.8 cm³/mol. The maximum atomic E-state index is 5.79. The SMILES string of the molecule is CC(C)C(C)(C)[SiH2]Oc1[c][pH]cc1. The molecule has 0 aromatic carbocycles. The van der Waals surface area contributed by atoms with Gasteiger partial charge >= 0.3 is 0 Å². The summed E-state index contributed by atoms with van der Waals surface area (Å²) in [5, 5.41) is 0.383. The van der Waals surface area contributed by atoms with Crippen LogP contribution in [0.5, 0.6) is 5.75 Å². The largest absolute Gasteiger partial charge is 0.548 e. The molecule has 3 heteroatoms. The standard InChI is InChI=1S/C10H18OPSi/c1-8(2)10(3,4)13-11-9-5-6-12-7-9/h5-6,8,12H,13H2,1-4H3. The summed E-state index contributed by atoms with van der Waals surface area (Å²) in [6.07, 6.45) is 0. The minimum Gasteiger partial charge on any atom is -0.548 e. The van der Waals surface area contributed by atoms with Gasteiger partial charge in [0.1, 0.15) is 5.75 Å². The van der Waals surface area contributed by atoms with Crippen molar-refractivity contribution >= 4 is 18.0 Å². The van der Waals surface area contributed by atoms with Crippen LogP contribution in [0.1, 0.15) is 27.7 Å². The molecular weight excluding hydrogens is 195 g/mol. The molecule has 0 fully saturated rings. The molecule has 1 heterocycles. The summed E-state index contributed by atoms with van der Waals surface area (Å²) < 4.78 is 5.79. The molecule has 1 nitrogen and oxygen atoms in total. The molecule has 0 aliphatic rings. The van der Waals surface area contributed by atoms with Crippen LogP contribution in [0, 0.1) is 11.7 Å². The highest BCUT2D eigenvalue weighted by Gasteiger charge is 2.24. The Kier molecular flexibility index (Phi) is 3.63. The summed E-state index contributed by atoms with van der Waals surface area (Å²) in [6.45, 7) is 9.12. The summed E-state index contributed by atoms with van der Waals surface area (Å²) in [4.78, 5) is 0. The van der Waals surface area contributed by atoms with Crippen LogP contribution in [-0.4, -0.2) is 9.76 Å². The number of hydrogen-bond acceptors (Lipinski definition) is 1. The van der Waals surface area contributed by atoms with E-state index in [4.69, 9.17) is 4.43 Å². The molecular formula is C10H18OPSi. The van der Waals surface area contributed by atoms with Crippen LogP contribution in [0.2, 0.25) is 5.04 Å². The van der Waals surface area contributed by atoms with Crippen molar-refractivity contribution in [2.24, 2.45) is 5.92 Å². The van der Waals surface area contributed by atoms with Crippen LogP contribution in [0.25, 0.3) is 0 Å². The van der Waals surface area contributed by atoms with Crippen LogP contribution in [0.4, 0.5) is 0 Å². The van der Waals surface area contributed by atoms with Crippen molar-refractivity contribution in [1.29, 1.82) is 0 Å². The first-order valence-corrected chi connectivity index (χ1v) is 7.06. The lowest BCUT2D eigenvalue weighted by Crippen LogP contribution is -2.24. The fourth-order valence-corrected chi connectivity index (χ4v) is 2.58. The van der Waals surface area contributed by atoms with Crippen molar-refractivity contribution in [3.8, 4) is 5.75 Å². The Labute approximate surface area is 84.9 Å². The highest BCUT2D eigenvalue weighted by Crippen LogP contribution is 2.33. The third kappa shape index (κ3) is 3.20. The molecule has 0 amide bonds. The van der Waals surface area contributed by atoms with Crippen LogP contribution in [0.15, 0.2) is 11.9 Å². The summed E-state index contributed by atoms with van der Waals surface area (Å²) in [5.41, 5.74) is 0. The van der Waals surface area contributed by atoms with Gasteiger partial charge in [0.25, 0.3) is 0 Å². The smallest absolute Gasteiger partial charge is 0.225 e. The second kappa shape index (κ2) is 4.34. The molecule has 73 valence electrons. The molecule has 13 heavy (non-hydrogen) atoms. The summed E-state index contributed by atoms with van der Waals surface area (Å²) in [5.74, 6) is 7.02. The van der Waals surface area contributed by atoms with Gasteiger partial charge in [0.05, 0.1) is 0 Å². The summed E-state index contributed by atoms with van der Waals surface area (Å²) >= 11 is 0. The van der Waals surface area contributed by atoms with E-state index in [-0.39, 0.29) is 0 Å². The van der Waals surface area contributed by atoms with Crippen molar-refractivity contribution in [2.75, 3.05) is 0 Å². The molecule has 0 bridgehead atoms. The molecule has 1 unspecified atom stereocenters. The van der Waals surface area contributed by atoms with Crippen molar-refractivity contribution in [2.45, 2.75) is 32.7 Å². The molecule has 1 radical (unpaired) electrons. The Bertz CT molecular complexity index is 241. The first kappa shape index (κ1) is 10.9. The normalized spacial score (nSPS) is 13.6. The van der Waals surface area contributed by atoms with Crippen molar-refractivity contribution in [1.82, 2.24) is 0 Å². The van der Waals surface area contributed by atoms with E-state index in [1.807, 2.05) is 6.07 Å². The van der Waals surface area contributed by atoms with Crippen LogP contribution in [-0.2, 0) is 0 Å². The van der Waals surface area contributed by atoms with Crippen LogP contribution < -0.4 is 4.43 Å². The predicted octanol–water partition coefficient (Wildman–Crippen LogP) is 2.84. The van der Waals surface area contributed by atoms with E-state index < -0.39 is 9.76 Å². The van der Waals surface area contributed by atoms with Gasteiger partial charge in [-0.1, -0.05) is 27.7 Å². The highest BCUT2D eigenvalue weighted by molar-refractivity contribution is 7.28. The maximum absolute atomic E-state index is 5.79. The molecule has 1 rings (SSSR count). The fourth-order valence-electron chi connectivity index (χ4n) is 0.786. The molecule has 0 saturated heterocycles. The first-order valence-electron chi connectivity index (χ1n) is 4.70.